The van der Waals surface area contributed by atoms with Crippen molar-refractivity contribution in [3.05, 3.63) is 82.9 Å². The highest BCUT2D eigenvalue weighted by Gasteiger charge is 2.26. The monoisotopic (exact) mass is 399 g/mol. The Labute approximate surface area is 177 Å². The Morgan fingerprint density at radius 3 is 2.93 bits per heavy atom. The highest BCUT2D eigenvalue weighted by molar-refractivity contribution is 6.06. The lowest BCUT2D eigenvalue weighted by atomic mass is 9.87. The van der Waals surface area contributed by atoms with Crippen LogP contribution in [-0.4, -0.2) is 22.7 Å². The van der Waals surface area contributed by atoms with Crippen LogP contribution in [-0.2, 0) is 14.3 Å². The molecule has 1 aromatic heterocycles. The molecule has 2 aliphatic rings. The standard InChI is InChI=1S/C26H25NO3/c1-4-19-11-8-14-27-24(19)17-22(15-18(3)28)26(29)25(5-2)30-23-13-12-20-9-6-7-10-21(20)16-23/h1,6-14,17,21,25H,5,15-16H2,2-3H3/b22-17+. The Morgan fingerprint density at radius 1 is 1.37 bits per heavy atom. The predicted molar refractivity (Wildman–Crippen MR) is 118 cm³/mol. The smallest absolute Gasteiger partial charge is 0.199 e. The number of terminal acetylenes is 1. The van der Waals surface area contributed by atoms with Crippen molar-refractivity contribution in [3.8, 4) is 12.3 Å². The van der Waals surface area contributed by atoms with Gasteiger partial charge in [0.2, 0.25) is 0 Å². The number of hydrogen-bond acceptors (Lipinski definition) is 4. The molecule has 0 fully saturated rings. The average Bonchev–Trinajstić information content (AvgIpc) is 2.76. The number of allylic oxidation sites excluding steroid dienone is 8. The number of pyridine rings is 1. The van der Waals surface area contributed by atoms with Gasteiger partial charge in [-0.25, -0.2) is 0 Å². The maximum absolute atomic E-state index is 13.3. The number of rotatable bonds is 8. The third-order valence-electron chi connectivity index (χ3n) is 5.07. The topological polar surface area (TPSA) is 56.3 Å². The van der Waals surface area contributed by atoms with Crippen LogP contribution in [0.15, 0.2) is 71.7 Å². The number of carbonyl (C=O) groups excluding carboxylic acids is 2. The minimum absolute atomic E-state index is 0.0124. The number of carbonyl (C=O) groups is 2. The molecule has 0 amide bonds. The highest BCUT2D eigenvalue weighted by atomic mass is 16.5. The average molecular weight is 399 g/mol. The zero-order chi connectivity index (χ0) is 21.5. The fourth-order valence-corrected chi connectivity index (χ4v) is 3.53. The van der Waals surface area contributed by atoms with Crippen molar-refractivity contribution in [3.63, 3.8) is 0 Å². The van der Waals surface area contributed by atoms with Gasteiger partial charge in [0, 0.05) is 36.1 Å². The fourth-order valence-electron chi connectivity index (χ4n) is 3.53. The zero-order valence-electron chi connectivity index (χ0n) is 17.3. The molecule has 0 saturated carbocycles. The molecule has 0 N–H and O–H groups in total. The second-order valence-corrected chi connectivity index (χ2v) is 7.36. The molecule has 0 saturated heterocycles. The van der Waals surface area contributed by atoms with Crippen LogP contribution in [0.1, 0.15) is 44.4 Å². The number of hydrogen-bond donors (Lipinski definition) is 0. The first-order chi connectivity index (χ1) is 14.5. The summed E-state index contributed by atoms with van der Waals surface area (Å²) in [5, 5.41) is 0. The normalized spacial score (nSPS) is 18.6. The Morgan fingerprint density at radius 2 is 2.20 bits per heavy atom. The van der Waals surface area contributed by atoms with Crippen LogP contribution >= 0.6 is 0 Å². The van der Waals surface area contributed by atoms with Gasteiger partial charge in [0.15, 0.2) is 11.9 Å². The molecular weight excluding hydrogens is 374 g/mol. The fraction of sp³-hybridized carbons (Fsp3) is 0.269. The van der Waals surface area contributed by atoms with Gasteiger partial charge in [0.05, 0.1) is 11.5 Å². The predicted octanol–water partition coefficient (Wildman–Crippen LogP) is 4.75. The van der Waals surface area contributed by atoms with Crippen molar-refractivity contribution in [1.29, 1.82) is 0 Å². The lowest BCUT2D eigenvalue weighted by molar-refractivity contribution is -0.126. The van der Waals surface area contributed by atoms with Gasteiger partial charge in [0.1, 0.15) is 5.78 Å². The molecule has 2 atom stereocenters. The highest BCUT2D eigenvalue weighted by Crippen LogP contribution is 2.31. The lowest BCUT2D eigenvalue weighted by Gasteiger charge is -2.26. The van der Waals surface area contributed by atoms with Gasteiger partial charge in [0.25, 0.3) is 0 Å². The van der Waals surface area contributed by atoms with Crippen LogP contribution in [0, 0.1) is 18.3 Å². The van der Waals surface area contributed by atoms with Crippen LogP contribution in [0.3, 0.4) is 0 Å². The van der Waals surface area contributed by atoms with E-state index in [9.17, 15) is 9.59 Å². The first-order valence-corrected chi connectivity index (χ1v) is 10.1. The molecule has 0 aromatic carbocycles. The van der Waals surface area contributed by atoms with E-state index >= 15 is 0 Å². The second kappa shape index (κ2) is 9.84. The molecule has 1 aromatic rings. The molecule has 0 aliphatic heterocycles. The minimum atomic E-state index is -0.669. The van der Waals surface area contributed by atoms with Gasteiger partial charge in [-0.1, -0.05) is 43.2 Å². The van der Waals surface area contributed by atoms with Gasteiger partial charge >= 0.3 is 0 Å². The van der Waals surface area contributed by atoms with Gasteiger partial charge in [-0.05, 0) is 43.2 Å². The zero-order valence-corrected chi connectivity index (χ0v) is 17.3. The molecule has 0 spiro atoms. The second-order valence-electron chi connectivity index (χ2n) is 7.36. The number of ketones is 2. The summed E-state index contributed by atoms with van der Waals surface area (Å²) in [6.45, 7) is 3.36. The van der Waals surface area contributed by atoms with Crippen molar-refractivity contribution in [2.75, 3.05) is 0 Å². The number of aromatic nitrogens is 1. The Balaban J connectivity index is 1.84. The van der Waals surface area contributed by atoms with E-state index in [0.717, 1.165) is 5.76 Å². The van der Waals surface area contributed by atoms with Crippen molar-refractivity contribution in [2.24, 2.45) is 5.92 Å². The van der Waals surface area contributed by atoms with Crippen LogP contribution in [0.5, 0.6) is 0 Å². The molecule has 3 rings (SSSR count). The molecule has 0 radical (unpaired) electrons. The van der Waals surface area contributed by atoms with E-state index in [-0.39, 0.29) is 23.9 Å². The van der Waals surface area contributed by atoms with Crippen molar-refractivity contribution < 1.29 is 14.3 Å². The molecule has 2 aliphatic carbocycles. The molecular formula is C26H25NO3. The molecule has 2 unspecified atom stereocenters. The molecule has 4 nitrogen and oxygen atoms in total. The van der Waals surface area contributed by atoms with Crippen molar-refractivity contribution in [1.82, 2.24) is 4.98 Å². The number of ether oxygens (including phenoxy) is 1. The number of Topliss-reactive ketones (excluding diaryl/α,β-unsaturated/α-hetero) is 2. The van der Waals surface area contributed by atoms with E-state index < -0.39 is 6.10 Å². The molecule has 4 heteroatoms. The maximum Gasteiger partial charge on any atom is 0.199 e. The SMILES string of the molecule is C#Cc1cccnc1/C=C(\CC(C)=O)C(=O)C(CC)OC1=CC=C2C=CC=CC2C1. The summed E-state index contributed by atoms with van der Waals surface area (Å²) in [5.74, 6) is 3.29. The van der Waals surface area contributed by atoms with Crippen LogP contribution in [0.2, 0.25) is 0 Å². The van der Waals surface area contributed by atoms with E-state index in [0.29, 0.717) is 29.7 Å². The summed E-state index contributed by atoms with van der Waals surface area (Å²) in [6, 6.07) is 3.49. The third-order valence-corrected chi connectivity index (χ3v) is 5.07. The third kappa shape index (κ3) is 5.12. The van der Waals surface area contributed by atoms with E-state index in [1.807, 2.05) is 31.2 Å². The Bertz CT molecular complexity index is 1030. The molecule has 1 heterocycles. The van der Waals surface area contributed by atoms with Crippen LogP contribution < -0.4 is 0 Å². The summed E-state index contributed by atoms with van der Waals surface area (Å²) in [6.07, 6.45) is 21.5. The number of fused-ring (bicyclic) bond motifs is 1. The van der Waals surface area contributed by atoms with Gasteiger partial charge in [-0.15, -0.1) is 6.42 Å². The summed E-state index contributed by atoms with van der Waals surface area (Å²) in [5.41, 5.74) is 2.67. The van der Waals surface area contributed by atoms with Crippen LogP contribution in [0.4, 0.5) is 0 Å². The van der Waals surface area contributed by atoms with Gasteiger partial charge in [-0.3, -0.25) is 14.6 Å². The largest absolute Gasteiger partial charge is 0.487 e. The summed E-state index contributed by atoms with van der Waals surface area (Å²) in [7, 11) is 0. The van der Waals surface area contributed by atoms with Crippen LogP contribution in [0.25, 0.3) is 6.08 Å². The summed E-state index contributed by atoms with van der Waals surface area (Å²) in [4.78, 5) is 29.4. The summed E-state index contributed by atoms with van der Waals surface area (Å²) >= 11 is 0. The molecule has 152 valence electrons. The maximum atomic E-state index is 13.3. The van der Waals surface area contributed by atoms with Crippen molar-refractivity contribution in [2.45, 2.75) is 39.2 Å². The first-order valence-electron chi connectivity index (χ1n) is 10.1. The minimum Gasteiger partial charge on any atom is -0.487 e. The van der Waals surface area contributed by atoms with E-state index in [4.69, 9.17) is 11.2 Å². The quantitative estimate of drug-likeness (QED) is 0.468. The lowest BCUT2D eigenvalue weighted by Crippen LogP contribution is -2.27. The van der Waals surface area contributed by atoms with E-state index in [2.05, 4.69) is 23.1 Å². The van der Waals surface area contributed by atoms with Crippen molar-refractivity contribution >= 4 is 17.6 Å². The Kier molecular flexibility index (Phi) is 6.98. The van der Waals surface area contributed by atoms with Gasteiger partial charge < -0.3 is 4.74 Å². The van der Waals surface area contributed by atoms with E-state index in [1.165, 1.54) is 12.5 Å². The van der Waals surface area contributed by atoms with Gasteiger partial charge in [-0.2, -0.15) is 0 Å². The first kappa shape index (κ1) is 21.3. The molecule has 30 heavy (non-hydrogen) atoms. The number of nitrogens with zero attached hydrogens (tertiary/aromatic N) is 1. The molecule has 0 bridgehead atoms. The van der Waals surface area contributed by atoms with E-state index in [1.54, 1.807) is 24.4 Å². The Hall–Kier alpha value is -3.45. The summed E-state index contributed by atoms with van der Waals surface area (Å²) < 4.78 is 6.10.